The lowest BCUT2D eigenvalue weighted by Crippen LogP contribution is -2.45. The molecule has 80 valence electrons. The lowest BCUT2D eigenvalue weighted by atomic mass is 10.1. The molecule has 0 amide bonds. The Morgan fingerprint density at radius 1 is 1.23 bits per heavy atom. The van der Waals surface area contributed by atoms with Gasteiger partial charge in [-0.2, -0.15) is 0 Å². The van der Waals surface area contributed by atoms with Crippen molar-refractivity contribution in [1.29, 1.82) is 0 Å². The Kier molecular flexibility index (Phi) is 7.29. The molecule has 1 N–H and O–H groups in total. The van der Waals surface area contributed by atoms with Crippen molar-refractivity contribution in [2.45, 2.75) is 52.6 Å². The van der Waals surface area contributed by atoms with Crippen LogP contribution in [0.15, 0.2) is 0 Å². The summed E-state index contributed by atoms with van der Waals surface area (Å²) in [6, 6.07) is 1.36. The molecule has 2 nitrogen and oxygen atoms in total. The minimum Gasteiger partial charge on any atom is -0.318 e. The zero-order chi connectivity index (χ0) is 10.3. The summed E-state index contributed by atoms with van der Waals surface area (Å²) in [4.78, 5) is 2.59. The fourth-order valence-corrected chi connectivity index (χ4v) is 1.85. The van der Waals surface area contributed by atoms with E-state index < -0.39 is 0 Å². The van der Waals surface area contributed by atoms with Gasteiger partial charge in [-0.05, 0) is 40.3 Å². The lowest BCUT2D eigenvalue weighted by Gasteiger charge is -2.34. The molecule has 0 spiro atoms. The van der Waals surface area contributed by atoms with Gasteiger partial charge in [0.15, 0.2) is 0 Å². The third-order valence-corrected chi connectivity index (χ3v) is 2.53. The quantitative estimate of drug-likeness (QED) is 0.655. The molecular weight excluding hydrogens is 160 g/mol. The lowest BCUT2D eigenvalue weighted by molar-refractivity contribution is 0.147. The highest BCUT2D eigenvalue weighted by atomic mass is 15.2. The molecule has 0 saturated carbocycles. The molecule has 0 bridgehead atoms. The van der Waals surface area contributed by atoms with E-state index in [0.29, 0.717) is 12.1 Å². The summed E-state index contributed by atoms with van der Waals surface area (Å²) in [5.74, 6) is 0. The highest BCUT2D eigenvalue weighted by Crippen LogP contribution is 2.09. The average Bonchev–Trinajstić information content (AvgIpc) is 2.10. The number of likely N-dealkylation sites (N-methyl/N-ethyl adjacent to an activating group) is 1. The predicted octanol–water partition coefficient (Wildman–Crippen LogP) is 2.10. The van der Waals surface area contributed by atoms with Gasteiger partial charge >= 0.3 is 0 Å². The molecule has 0 radical (unpaired) electrons. The molecule has 0 aliphatic rings. The molecule has 0 rings (SSSR count). The third kappa shape index (κ3) is 4.63. The van der Waals surface area contributed by atoms with Crippen LogP contribution in [0, 0.1) is 0 Å². The van der Waals surface area contributed by atoms with Crippen LogP contribution in [-0.2, 0) is 0 Å². The second-order valence-corrected chi connectivity index (χ2v) is 3.95. The first-order chi connectivity index (χ1) is 6.17. The van der Waals surface area contributed by atoms with Crippen LogP contribution in [0.25, 0.3) is 0 Å². The normalized spacial score (nSPS) is 14.1. The summed E-state index contributed by atoms with van der Waals surface area (Å²) in [5.41, 5.74) is 0. The van der Waals surface area contributed by atoms with Gasteiger partial charge in [-0.15, -0.1) is 0 Å². The van der Waals surface area contributed by atoms with Gasteiger partial charge in [0.05, 0.1) is 0 Å². The van der Waals surface area contributed by atoms with Gasteiger partial charge in [0.25, 0.3) is 0 Å². The van der Waals surface area contributed by atoms with E-state index in [1.807, 2.05) is 7.05 Å². The maximum Gasteiger partial charge on any atom is 0.0220 e. The summed E-state index contributed by atoms with van der Waals surface area (Å²) in [6.07, 6.45) is 2.48. The van der Waals surface area contributed by atoms with Crippen LogP contribution in [0.1, 0.15) is 40.5 Å². The Bertz CT molecular complexity index is 113. The highest BCUT2D eigenvalue weighted by molar-refractivity contribution is 4.74. The predicted molar refractivity (Wildman–Crippen MR) is 60.1 cm³/mol. The van der Waals surface area contributed by atoms with Gasteiger partial charge in [0, 0.05) is 18.6 Å². The van der Waals surface area contributed by atoms with Crippen LogP contribution in [0.5, 0.6) is 0 Å². The topological polar surface area (TPSA) is 15.3 Å². The highest BCUT2D eigenvalue weighted by Gasteiger charge is 2.17. The molecule has 1 unspecified atom stereocenters. The van der Waals surface area contributed by atoms with E-state index in [0.717, 1.165) is 6.54 Å². The van der Waals surface area contributed by atoms with E-state index in [9.17, 15) is 0 Å². The fraction of sp³-hybridized carbons (Fsp3) is 1.00. The van der Waals surface area contributed by atoms with Gasteiger partial charge in [-0.1, -0.05) is 13.8 Å². The third-order valence-electron chi connectivity index (χ3n) is 2.53. The number of hydrogen-bond acceptors (Lipinski definition) is 2. The van der Waals surface area contributed by atoms with Gasteiger partial charge in [-0.25, -0.2) is 0 Å². The van der Waals surface area contributed by atoms with E-state index in [1.165, 1.54) is 19.4 Å². The standard InChI is InChI=1S/C11H26N2/c1-6-8-13(10(3)4)11(7-2)9-12-5/h10-12H,6-9H2,1-5H3. The molecule has 0 aromatic rings. The van der Waals surface area contributed by atoms with Crippen molar-refractivity contribution in [3.63, 3.8) is 0 Å². The first-order valence-corrected chi connectivity index (χ1v) is 5.57. The van der Waals surface area contributed by atoms with Gasteiger partial charge in [0.2, 0.25) is 0 Å². The SMILES string of the molecule is CCCN(C(C)C)C(CC)CNC. The Labute approximate surface area is 83.7 Å². The Morgan fingerprint density at radius 2 is 1.85 bits per heavy atom. The zero-order valence-corrected chi connectivity index (χ0v) is 9.93. The summed E-state index contributed by atoms with van der Waals surface area (Å²) >= 11 is 0. The number of nitrogens with one attached hydrogen (secondary N) is 1. The Balaban J connectivity index is 4.11. The van der Waals surface area contributed by atoms with Crippen molar-refractivity contribution < 1.29 is 0 Å². The summed E-state index contributed by atoms with van der Waals surface area (Å²) in [5, 5.41) is 3.27. The number of rotatable bonds is 7. The average molecular weight is 186 g/mol. The smallest absolute Gasteiger partial charge is 0.0220 e. The molecule has 0 aromatic heterocycles. The van der Waals surface area contributed by atoms with Crippen LogP contribution in [0.3, 0.4) is 0 Å². The van der Waals surface area contributed by atoms with Gasteiger partial charge in [-0.3, -0.25) is 4.90 Å². The molecule has 2 heteroatoms. The van der Waals surface area contributed by atoms with Crippen molar-refractivity contribution in [1.82, 2.24) is 10.2 Å². The van der Waals surface area contributed by atoms with Gasteiger partial charge < -0.3 is 5.32 Å². The van der Waals surface area contributed by atoms with E-state index in [2.05, 4.69) is 37.9 Å². The summed E-state index contributed by atoms with van der Waals surface area (Å²) < 4.78 is 0. The maximum absolute atomic E-state index is 3.27. The van der Waals surface area contributed by atoms with Crippen molar-refractivity contribution >= 4 is 0 Å². The molecular formula is C11H26N2. The molecule has 0 aliphatic heterocycles. The minimum absolute atomic E-state index is 0.665. The first kappa shape index (κ1) is 12.9. The minimum atomic E-state index is 0.665. The monoisotopic (exact) mass is 186 g/mol. The van der Waals surface area contributed by atoms with Gasteiger partial charge in [0.1, 0.15) is 0 Å². The molecule has 0 aromatic carbocycles. The second-order valence-electron chi connectivity index (χ2n) is 3.95. The Morgan fingerprint density at radius 3 is 2.15 bits per heavy atom. The fourth-order valence-electron chi connectivity index (χ4n) is 1.85. The van der Waals surface area contributed by atoms with Crippen LogP contribution >= 0.6 is 0 Å². The van der Waals surface area contributed by atoms with E-state index in [1.54, 1.807) is 0 Å². The van der Waals surface area contributed by atoms with Crippen molar-refractivity contribution in [2.24, 2.45) is 0 Å². The zero-order valence-electron chi connectivity index (χ0n) is 9.93. The van der Waals surface area contributed by atoms with Crippen LogP contribution in [0.2, 0.25) is 0 Å². The van der Waals surface area contributed by atoms with Crippen molar-refractivity contribution in [3.05, 3.63) is 0 Å². The molecule has 0 saturated heterocycles. The van der Waals surface area contributed by atoms with E-state index >= 15 is 0 Å². The largest absolute Gasteiger partial charge is 0.318 e. The first-order valence-electron chi connectivity index (χ1n) is 5.57. The van der Waals surface area contributed by atoms with Crippen LogP contribution < -0.4 is 5.32 Å². The molecule has 13 heavy (non-hydrogen) atoms. The van der Waals surface area contributed by atoms with Crippen molar-refractivity contribution in [2.75, 3.05) is 20.1 Å². The van der Waals surface area contributed by atoms with Crippen LogP contribution in [0.4, 0.5) is 0 Å². The van der Waals surface area contributed by atoms with Crippen molar-refractivity contribution in [3.8, 4) is 0 Å². The summed E-state index contributed by atoms with van der Waals surface area (Å²) in [6.45, 7) is 11.4. The van der Waals surface area contributed by atoms with E-state index in [4.69, 9.17) is 0 Å². The number of hydrogen-bond donors (Lipinski definition) is 1. The summed E-state index contributed by atoms with van der Waals surface area (Å²) in [7, 11) is 2.03. The van der Waals surface area contributed by atoms with E-state index in [-0.39, 0.29) is 0 Å². The maximum atomic E-state index is 3.27. The number of nitrogens with zero attached hydrogens (tertiary/aromatic N) is 1. The molecule has 0 heterocycles. The van der Waals surface area contributed by atoms with Crippen LogP contribution in [-0.4, -0.2) is 37.1 Å². The Hall–Kier alpha value is -0.0800. The second kappa shape index (κ2) is 7.34. The molecule has 1 atom stereocenters. The molecule has 0 fully saturated rings. The molecule has 0 aliphatic carbocycles.